The van der Waals surface area contributed by atoms with Gasteiger partial charge in [0, 0.05) is 61.7 Å². The van der Waals surface area contributed by atoms with Gasteiger partial charge < -0.3 is 14.4 Å². The highest BCUT2D eigenvalue weighted by Crippen LogP contribution is 2.52. The van der Waals surface area contributed by atoms with E-state index in [1.54, 1.807) is 0 Å². The van der Waals surface area contributed by atoms with Crippen molar-refractivity contribution in [3.8, 4) is 5.69 Å². The highest BCUT2D eigenvalue weighted by atomic mass is 16.1. The zero-order valence-electron chi connectivity index (χ0n) is 36.1. The largest absolute Gasteiger partial charge is 0.310 e. The molecule has 0 radical (unpaired) electrons. The van der Waals surface area contributed by atoms with Crippen molar-refractivity contribution in [2.75, 3.05) is 9.80 Å². The van der Waals surface area contributed by atoms with Gasteiger partial charge in [0.1, 0.15) is 0 Å². The van der Waals surface area contributed by atoms with Crippen molar-refractivity contribution in [2.45, 2.75) is 5.41 Å². The van der Waals surface area contributed by atoms with Crippen molar-refractivity contribution in [1.29, 1.82) is 0 Å². The van der Waals surface area contributed by atoms with Gasteiger partial charge in [-0.3, -0.25) is 4.79 Å². The second kappa shape index (κ2) is 16.1. The van der Waals surface area contributed by atoms with Crippen LogP contribution in [0.3, 0.4) is 0 Å². The first kappa shape index (κ1) is 38.9. The number of carbonyl (C=O) groups is 1. The molecule has 4 heteroatoms. The summed E-state index contributed by atoms with van der Waals surface area (Å²) in [6.45, 7) is 0. The average molecular weight is 846 g/mol. The van der Waals surface area contributed by atoms with Crippen molar-refractivity contribution in [3.63, 3.8) is 0 Å². The van der Waals surface area contributed by atoms with E-state index in [1.807, 2.05) is 12.1 Å². The van der Waals surface area contributed by atoms with Gasteiger partial charge in [-0.25, -0.2) is 0 Å². The lowest BCUT2D eigenvalue weighted by Gasteiger charge is -2.42. The molecule has 0 atom stereocenters. The highest BCUT2D eigenvalue weighted by molar-refractivity contribution is 6.15. The van der Waals surface area contributed by atoms with Crippen LogP contribution >= 0.6 is 0 Å². The summed E-state index contributed by atoms with van der Waals surface area (Å²) >= 11 is 0. The molecule has 0 bridgehead atoms. The average Bonchev–Trinajstić information content (AvgIpc) is 3.71. The maximum Gasteiger partial charge on any atom is 0.193 e. The lowest BCUT2D eigenvalue weighted by Crippen LogP contribution is -2.38. The molecule has 1 aliphatic rings. The van der Waals surface area contributed by atoms with Crippen LogP contribution in [0.2, 0.25) is 0 Å². The lowest BCUT2D eigenvalue weighted by molar-refractivity contribution is 0.103. The molecule has 12 rings (SSSR count). The predicted octanol–water partition coefficient (Wildman–Crippen LogP) is 15.7. The third-order valence-electron chi connectivity index (χ3n) is 13.2. The van der Waals surface area contributed by atoms with Gasteiger partial charge in [0.15, 0.2) is 5.78 Å². The van der Waals surface area contributed by atoms with E-state index in [2.05, 4.69) is 263 Å². The first-order chi connectivity index (χ1) is 32.7. The minimum Gasteiger partial charge on any atom is -0.310 e. The molecule has 1 aromatic heterocycles. The van der Waals surface area contributed by atoms with E-state index in [-0.39, 0.29) is 5.78 Å². The number of anilines is 6. The zero-order valence-corrected chi connectivity index (χ0v) is 36.1. The molecule has 1 aliphatic carbocycles. The number of carbonyl (C=O) groups excluding carboxylic acids is 1. The fraction of sp³-hybridized carbons (Fsp3) is 0.0161. The number of benzene rings is 10. The first-order valence-electron chi connectivity index (χ1n) is 22.5. The molecule has 66 heavy (non-hydrogen) atoms. The maximum absolute atomic E-state index is 14.7. The molecule has 4 nitrogen and oxygen atoms in total. The third kappa shape index (κ3) is 6.26. The Morgan fingerprint density at radius 2 is 0.697 bits per heavy atom. The van der Waals surface area contributed by atoms with Gasteiger partial charge in [-0.15, -0.1) is 0 Å². The Morgan fingerprint density at radius 1 is 0.318 bits per heavy atom. The molecule has 0 saturated carbocycles. The van der Waals surface area contributed by atoms with Crippen LogP contribution in [-0.2, 0) is 5.41 Å². The van der Waals surface area contributed by atoms with Gasteiger partial charge in [-0.2, -0.15) is 0 Å². The number of aromatic nitrogens is 1. The van der Waals surface area contributed by atoms with Gasteiger partial charge in [0.05, 0.1) is 16.4 Å². The van der Waals surface area contributed by atoms with Crippen LogP contribution in [0.15, 0.2) is 261 Å². The first-order valence-corrected chi connectivity index (χ1v) is 22.5. The second-order valence-corrected chi connectivity index (χ2v) is 16.8. The molecule has 0 aliphatic heterocycles. The van der Waals surface area contributed by atoms with E-state index in [9.17, 15) is 4.79 Å². The zero-order chi connectivity index (χ0) is 44.0. The quantitative estimate of drug-likeness (QED) is 0.145. The van der Waals surface area contributed by atoms with Gasteiger partial charge >= 0.3 is 0 Å². The van der Waals surface area contributed by atoms with Gasteiger partial charge in [0.25, 0.3) is 0 Å². The summed E-state index contributed by atoms with van der Waals surface area (Å²) in [4.78, 5) is 19.4. The van der Waals surface area contributed by atoms with Crippen LogP contribution < -0.4 is 9.80 Å². The molecule has 11 aromatic rings. The fourth-order valence-electron chi connectivity index (χ4n) is 10.4. The van der Waals surface area contributed by atoms with Crippen LogP contribution in [-0.4, -0.2) is 10.4 Å². The Kier molecular flexibility index (Phi) is 9.50. The Hall–Kier alpha value is -8.73. The summed E-state index contributed by atoms with van der Waals surface area (Å²) in [5.74, 6) is 0.0370. The lowest BCUT2D eigenvalue weighted by atomic mass is 9.59. The molecule has 0 unspecified atom stereocenters. The minimum absolute atomic E-state index is 0.0370. The molecular weight excluding hydrogens is 803 g/mol. The number of hydrogen-bond donors (Lipinski definition) is 0. The second-order valence-electron chi connectivity index (χ2n) is 16.8. The normalized spacial score (nSPS) is 12.7. The van der Waals surface area contributed by atoms with Crippen LogP contribution in [0.4, 0.5) is 34.1 Å². The Balaban J connectivity index is 1.15. The molecule has 0 fully saturated rings. The molecule has 0 spiro atoms. The SMILES string of the molecule is O=C1c2ccccc2C(c2ccccc2)(c2ccccc2)c2cc(-n3c4ccc(N(c5ccccc5)c5ccccc5)cc4c4cc(N(c5ccccc5)c5ccccc5)ccc43)ccc21. The van der Waals surface area contributed by atoms with Crippen LogP contribution in [0.25, 0.3) is 27.5 Å². The van der Waals surface area contributed by atoms with E-state index in [4.69, 9.17) is 0 Å². The van der Waals surface area contributed by atoms with Gasteiger partial charge in [-0.05, 0) is 125 Å². The summed E-state index contributed by atoms with van der Waals surface area (Å²) in [6, 6.07) is 91.9. The van der Waals surface area contributed by atoms with Crippen molar-refractivity contribution < 1.29 is 4.79 Å². The molecule has 0 N–H and O–H groups in total. The molecular formula is C62H43N3O. The standard InChI is InChI=1S/C62H43N3O/c66-61-53-33-19-20-34-57(53)62(44-21-7-1-8-22-44,45-23-9-2-10-24-45)58-43-52(35-38-54(58)61)65-59-39-36-50(63(46-25-11-3-12-26-46)47-27-13-4-14-28-47)41-55(59)56-42-51(37-40-60(56)65)64(48-29-15-5-16-30-48)49-31-17-6-18-32-49/h1-43H. The van der Waals surface area contributed by atoms with Crippen molar-refractivity contribution in [3.05, 3.63) is 294 Å². The third-order valence-corrected chi connectivity index (χ3v) is 13.2. The van der Waals surface area contributed by atoms with Crippen LogP contribution in [0.1, 0.15) is 38.2 Å². The van der Waals surface area contributed by atoms with E-state index in [1.165, 1.54) is 0 Å². The molecule has 312 valence electrons. The number of para-hydroxylation sites is 4. The van der Waals surface area contributed by atoms with Crippen molar-refractivity contribution in [1.82, 2.24) is 4.57 Å². The maximum atomic E-state index is 14.7. The fourth-order valence-corrected chi connectivity index (χ4v) is 10.4. The number of ketones is 1. The van der Waals surface area contributed by atoms with Gasteiger partial charge in [-0.1, -0.05) is 158 Å². The van der Waals surface area contributed by atoms with Gasteiger partial charge in [0.2, 0.25) is 0 Å². The van der Waals surface area contributed by atoms with Crippen LogP contribution in [0, 0.1) is 0 Å². The number of nitrogens with zero attached hydrogens (tertiary/aromatic N) is 3. The molecule has 10 aromatic carbocycles. The number of fused-ring (bicyclic) bond motifs is 5. The topological polar surface area (TPSA) is 28.5 Å². The van der Waals surface area contributed by atoms with E-state index in [0.29, 0.717) is 5.56 Å². The summed E-state index contributed by atoms with van der Waals surface area (Å²) < 4.78 is 2.38. The highest BCUT2D eigenvalue weighted by Gasteiger charge is 2.46. The molecule has 0 saturated heterocycles. The summed E-state index contributed by atoms with van der Waals surface area (Å²) in [5.41, 5.74) is 14.3. The van der Waals surface area contributed by atoms with E-state index < -0.39 is 5.41 Å². The summed E-state index contributed by atoms with van der Waals surface area (Å²) in [7, 11) is 0. The summed E-state index contributed by atoms with van der Waals surface area (Å²) in [6.07, 6.45) is 0. The number of hydrogen-bond acceptors (Lipinski definition) is 3. The monoisotopic (exact) mass is 845 g/mol. The van der Waals surface area contributed by atoms with E-state index >= 15 is 0 Å². The Labute approximate surface area is 384 Å². The Morgan fingerprint density at radius 3 is 1.14 bits per heavy atom. The Bertz CT molecular complexity index is 3280. The van der Waals surface area contributed by atoms with Crippen molar-refractivity contribution in [2.24, 2.45) is 0 Å². The smallest absolute Gasteiger partial charge is 0.193 e. The predicted molar refractivity (Wildman–Crippen MR) is 272 cm³/mol. The minimum atomic E-state index is -0.769. The summed E-state index contributed by atoms with van der Waals surface area (Å²) in [5, 5.41) is 2.22. The molecule has 0 amide bonds. The van der Waals surface area contributed by atoms with Crippen molar-refractivity contribution >= 4 is 61.7 Å². The number of rotatable bonds is 9. The molecule has 1 heterocycles. The van der Waals surface area contributed by atoms with Crippen LogP contribution in [0.5, 0.6) is 0 Å². The van der Waals surface area contributed by atoms with E-state index in [0.717, 1.165) is 89.4 Å².